The number of ether oxygens (including phenoxy) is 4. The number of rotatable bonds is 7. The highest BCUT2D eigenvalue weighted by Crippen LogP contribution is 2.25. The first-order valence-corrected chi connectivity index (χ1v) is 6.49. The number of amides is 1. The highest BCUT2D eigenvalue weighted by atomic mass is 16.7. The maximum absolute atomic E-state index is 11.7. The minimum atomic E-state index is -0.343. The van der Waals surface area contributed by atoms with Crippen LogP contribution in [0.4, 0.5) is 5.69 Å². The number of methoxy groups -OCH3 is 1. The lowest BCUT2D eigenvalue weighted by Gasteiger charge is -2.11. The molecule has 1 amide bonds. The van der Waals surface area contributed by atoms with Crippen molar-refractivity contribution >= 4 is 11.6 Å². The zero-order valence-electron chi connectivity index (χ0n) is 11.5. The van der Waals surface area contributed by atoms with Gasteiger partial charge in [0, 0.05) is 18.4 Å². The van der Waals surface area contributed by atoms with Crippen LogP contribution in [0.15, 0.2) is 24.3 Å². The Balaban J connectivity index is 1.82. The second kappa shape index (κ2) is 7.96. The molecule has 0 bridgehead atoms. The largest absolute Gasteiger partial charge is 0.382 e. The summed E-state index contributed by atoms with van der Waals surface area (Å²) in [6.07, 6.45) is -0.343. The van der Waals surface area contributed by atoms with Crippen LogP contribution in [-0.2, 0) is 23.7 Å². The van der Waals surface area contributed by atoms with Gasteiger partial charge >= 0.3 is 0 Å². The van der Waals surface area contributed by atoms with Gasteiger partial charge in [0.05, 0.1) is 26.4 Å². The quantitative estimate of drug-likeness (QED) is 0.764. The summed E-state index contributed by atoms with van der Waals surface area (Å²) in [7, 11) is 1.59. The van der Waals surface area contributed by atoms with E-state index in [0.29, 0.717) is 32.1 Å². The number of carbonyl (C=O) groups is 1. The Morgan fingerprint density at radius 3 is 2.90 bits per heavy atom. The molecule has 1 aliphatic heterocycles. The van der Waals surface area contributed by atoms with Crippen LogP contribution in [0.2, 0.25) is 0 Å². The molecule has 0 aliphatic carbocycles. The molecule has 6 nitrogen and oxygen atoms in total. The van der Waals surface area contributed by atoms with E-state index in [9.17, 15) is 4.79 Å². The lowest BCUT2D eigenvalue weighted by atomic mass is 10.2. The molecule has 2 rings (SSSR count). The monoisotopic (exact) mass is 281 g/mol. The highest BCUT2D eigenvalue weighted by Gasteiger charge is 2.18. The molecule has 1 saturated heterocycles. The fraction of sp³-hybridized carbons (Fsp3) is 0.500. The lowest BCUT2D eigenvalue weighted by Crippen LogP contribution is -2.19. The van der Waals surface area contributed by atoms with Crippen molar-refractivity contribution in [3.8, 4) is 0 Å². The van der Waals surface area contributed by atoms with Crippen molar-refractivity contribution in [1.82, 2.24) is 0 Å². The topological polar surface area (TPSA) is 66.0 Å². The van der Waals surface area contributed by atoms with Crippen molar-refractivity contribution in [2.75, 3.05) is 45.5 Å². The molecule has 1 aliphatic rings. The molecule has 0 spiro atoms. The molecule has 0 radical (unpaired) electrons. The van der Waals surface area contributed by atoms with E-state index in [2.05, 4.69) is 5.32 Å². The van der Waals surface area contributed by atoms with Gasteiger partial charge in [-0.3, -0.25) is 4.79 Å². The number of anilines is 1. The van der Waals surface area contributed by atoms with E-state index in [0.717, 1.165) is 5.56 Å². The van der Waals surface area contributed by atoms with Crippen LogP contribution in [0.3, 0.4) is 0 Å². The van der Waals surface area contributed by atoms with Crippen LogP contribution >= 0.6 is 0 Å². The normalized spacial score (nSPS) is 15.4. The van der Waals surface area contributed by atoms with Crippen molar-refractivity contribution < 1.29 is 23.7 Å². The fourth-order valence-electron chi connectivity index (χ4n) is 1.82. The lowest BCUT2D eigenvalue weighted by molar-refractivity contribution is -0.121. The van der Waals surface area contributed by atoms with E-state index >= 15 is 0 Å². The van der Waals surface area contributed by atoms with Gasteiger partial charge in [0.15, 0.2) is 6.29 Å². The van der Waals surface area contributed by atoms with E-state index in [1.807, 2.05) is 24.3 Å². The molecule has 6 heteroatoms. The third-order valence-electron chi connectivity index (χ3n) is 2.73. The smallest absolute Gasteiger partial charge is 0.250 e. The Kier molecular flexibility index (Phi) is 5.94. The zero-order chi connectivity index (χ0) is 14.2. The van der Waals surface area contributed by atoms with Gasteiger partial charge in [-0.25, -0.2) is 0 Å². The van der Waals surface area contributed by atoms with Crippen LogP contribution < -0.4 is 5.32 Å². The van der Waals surface area contributed by atoms with Crippen LogP contribution in [0.25, 0.3) is 0 Å². The average molecular weight is 281 g/mol. The van der Waals surface area contributed by atoms with Crippen molar-refractivity contribution in [2.45, 2.75) is 6.29 Å². The number of carbonyl (C=O) groups excluding carboxylic acids is 1. The van der Waals surface area contributed by atoms with E-state index in [-0.39, 0.29) is 18.8 Å². The first-order valence-electron chi connectivity index (χ1n) is 6.49. The van der Waals surface area contributed by atoms with Crippen LogP contribution in [0.1, 0.15) is 11.9 Å². The molecule has 1 aromatic rings. The van der Waals surface area contributed by atoms with Crippen molar-refractivity contribution in [2.24, 2.45) is 0 Å². The summed E-state index contributed by atoms with van der Waals surface area (Å²) in [4.78, 5) is 11.7. The van der Waals surface area contributed by atoms with E-state index in [1.54, 1.807) is 7.11 Å². The predicted octanol–water partition coefficient (Wildman–Crippen LogP) is 1.33. The maximum atomic E-state index is 11.7. The van der Waals surface area contributed by atoms with Gasteiger partial charge < -0.3 is 24.3 Å². The molecule has 1 aromatic carbocycles. The summed E-state index contributed by atoms with van der Waals surface area (Å²) >= 11 is 0. The Labute approximate surface area is 118 Å². The minimum absolute atomic E-state index is 0.00398. The van der Waals surface area contributed by atoms with Crippen LogP contribution in [0, 0.1) is 0 Å². The third-order valence-corrected chi connectivity index (χ3v) is 2.73. The second-order valence-electron chi connectivity index (χ2n) is 4.29. The maximum Gasteiger partial charge on any atom is 0.250 e. The summed E-state index contributed by atoms with van der Waals surface area (Å²) in [6, 6.07) is 7.40. The van der Waals surface area contributed by atoms with E-state index in [4.69, 9.17) is 18.9 Å². The summed E-state index contributed by atoms with van der Waals surface area (Å²) in [5.74, 6) is -0.202. The van der Waals surface area contributed by atoms with Crippen LogP contribution in [-0.4, -0.2) is 46.1 Å². The van der Waals surface area contributed by atoms with Gasteiger partial charge in [0.25, 0.3) is 0 Å². The molecule has 110 valence electrons. The van der Waals surface area contributed by atoms with E-state index in [1.165, 1.54) is 0 Å². The number of hydrogen-bond acceptors (Lipinski definition) is 5. The SMILES string of the molecule is COCCOCC(=O)Nc1cccc(C2OCCO2)c1. The van der Waals surface area contributed by atoms with E-state index < -0.39 is 0 Å². The third kappa shape index (κ3) is 4.57. The molecule has 1 heterocycles. The van der Waals surface area contributed by atoms with Gasteiger partial charge in [-0.05, 0) is 12.1 Å². The standard InChI is InChI=1S/C14H19NO5/c1-17-5-6-18-10-13(16)15-12-4-2-3-11(9-12)14-19-7-8-20-14/h2-4,9,14H,5-8,10H2,1H3,(H,15,16). The number of nitrogens with one attached hydrogen (secondary N) is 1. The summed E-state index contributed by atoms with van der Waals surface area (Å²) in [5.41, 5.74) is 1.59. The van der Waals surface area contributed by atoms with Crippen LogP contribution in [0.5, 0.6) is 0 Å². The van der Waals surface area contributed by atoms with Gasteiger partial charge in [0.1, 0.15) is 6.61 Å². The minimum Gasteiger partial charge on any atom is -0.382 e. The molecule has 0 aromatic heterocycles. The number of hydrogen-bond donors (Lipinski definition) is 1. The molecule has 0 atom stereocenters. The first kappa shape index (κ1) is 14.9. The molecular formula is C14H19NO5. The van der Waals surface area contributed by atoms with Gasteiger partial charge in [0.2, 0.25) is 5.91 Å². The predicted molar refractivity (Wildman–Crippen MR) is 72.4 cm³/mol. The van der Waals surface area contributed by atoms with Crippen molar-refractivity contribution in [1.29, 1.82) is 0 Å². The molecule has 1 fully saturated rings. The van der Waals surface area contributed by atoms with Gasteiger partial charge in [-0.15, -0.1) is 0 Å². The van der Waals surface area contributed by atoms with Crippen molar-refractivity contribution in [3.05, 3.63) is 29.8 Å². The Morgan fingerprint density at radius 2 is 2.15 bits per heavy atom. The molecule has 0 unspecified atom stereocenters. The molecule has 0 saturated carbocycles. The Bertz CT molecular complexity index is 431. The average Bonchev–Trinajstić information content (AvgIpc) is 2.98. The summed E-state index contributed by atoms with van der Waals surface area (Å²) in [6.45, 7) is 2.06. The summed E-state index contributed by atoms with van der Waals surface area (Å²) < 4.78 is 20.8. The highest BCUT2D eigenvalue weighted by molar-refractivity contribution is 5.91. The number of benzene rings is 1. The molecular weight excluding hydrogens is 262 g/mol. The zero-order valence-corrected chi connectivity index (χ0v) is 11.5. The van der Waals surface area contributed by atoms with Crippen molar-refractivity contribution in [3.63, 3.8) is 0 Å². The fourth-order valence-corrected chi connectivity index (χ4v) is 1.82. The second-order valence-corrected chi connectivity index (χ2v) is 4.29. The molecule has 1 N–H and O–H groups in total. The first-order chi connectivity index (χ1) is 9.79. The summed E-state index contributed by atoms with van der Waals surface area (Å²) in [5, 5.41) is 2.77. The van der Waals surface area contributed by atoms with Gasteiger partial charge in [-0.2, -0.15) is 0 Å². The Hall–Kier alpha value is -1.47. The molecule has 20 heavy (non-hydrogen) atoms. The van der Waals surface area contributed by atoms with Gasteiger partial charge in [-0.1, -0.05) is 12.1 Å². The Morgan fingerprint density at radius 1 is 1.35 bits per heavy atom.